The van der Waals surface area contributed by atoms with Crippen LogP contribution in [0.3, 0.4) is 0 Å². The summed E-state index contributed by atoms with van der Waals surface area (Å²) < 4.78 is 5.75. The Hall–Kier alpha value is -2.97. The van der Waals surface area contributed by atoms with Crippen molar-refractivity contribution in [1.82, 2.24) is 15.4 Å². The summed E-state index contributed by atoms with van der Waals surface area (Å²) in [4.78, 5) is 32.9. The third kappa shape index (κ3) is 5.10. The number of hydrogen-bond donors (Lipinski definition) is 2. The maximum Gasteiger partial charge on any atom is 0.326 e. The second kappa shape index (κ2) is 9.02. The van der Waals surface area contributed by atoms with Gasteiger partial charge in [-0.1, -0.05) is 18.2 Å². The van der Waals surface area contributed by atoms with Crippen LogP contribution in [-0.2, 0) is 11.3 Å². The zero-order chi connectivity index (χ0) is 21.0. The van der Waals surface area contributed by atoms with E-state index in [0.29, 0.717) is 31.0 Å². The third-order valence-electron chi connectivity index (χ3n) is 4.73. The van der Waals surface area contributed by atoms with Crippen LogP contribution in [-0.4, -0.2) is 52.3 Å². The highest BCUT2D eigenvalue weighted by Gasteiger charge is 2.30. The number of carbonyl (C=O) groups excluding carboxylic acids is 2. The van der Waals surface area contributed by atoms with Gasteiger partial charge in [0.05, 0.1) is 18.8 Å². The summed E-state index contributed by atoms with van der Waals surface area (Å²) in [6.45, 7) is 7.12. The van der Waals surface area contributed by atoms with E-state index in [2.05, 4.69) is 4.98 Å². The molecule has 0 saturated carbocycles. The van der Waals surface area contributed by atoms with Gasteiger partial charge in [-0.25, -0.2) is 15.3 Å². The Morgan fingerprint density at radius 2 is 1.83 bits per heavy atom. The van der Waals surface area contributed by atoms with Crippen molar-refractivity contribution in [2.75, 3.05) is 18.0 Å². The third-order valence-corrected chi connectivity index (χ3v) is 4.73. The Kier molecular flexibility index (Phi) is 6.46. The van der Waals surface area contributed by atoms with Crippen molar-refractivity contribution < 1.29 is 19.5 Å². The molecule has 1 fully saturated rings. The van der Waals surface area contributed by atoms with Gasteiger partial charge in [0.1, 0.15) is 5.82 Å². The van der Waals surface area contributed by atoms with E-state index in [9.17, 15) is 9.59 Å². The fourth-order valence-electron chi connectivity index (χ4n) is 3.44. The van der Waals surface area contributed by atoms with E-state index < -0.39 is 5.91 Å². The number of nitrogens with one attached hydrogen (secondary N) is 1. The van der Waals surface area contributed by atoms with Crippen LogP contribution in [0.25, 0.3) is 0 Å². The van der Waals surface area contributed by atoms with Gasteiger partial charge < -0.3 is 9.64 Å². The maximum absolute atomic E-state index is 13.4. The second-order valence-corrected chi connectivity index (χ2v) is 7.31. The van der Waals surface area contributed by atoms with E-state index in [1.165, 1.54) is 0 Å². The van der Waals surface area contributed by atoms with Gasteiger partial charge in [-0.15, -0.1) is 0 Å². The summed E-state index contributed by atoms with van der Waals surface area (Å²) in [6, 6.07) is 12.1. The molecule has 0 aliphatic carbocycles. The first-order chi connectivity index (χ1) is 13.9. The Labute approximate surface area is 170 Å². The van der Waals surface area contributed by atoms with Gasteiger partial charge in [-0.05, 0) is 50.6 Å². The fourth-order valence-corrected chi connectivity index (χ4v) is 3.44. The minimum Gasteiger partial charge on any atom is -0.372 e. The summed E-state index contributed by atoms with van der Waals surface area (Å²) >= 11 is 0. The predicted octanol–water partition coefficient (Wildman–Crippen LogP) is 2.74. The van der Waals surface area contributed by atoms with Crippen LogP contribution in [0.4, 0.5) is 10.6 Å². The number of rotatable bonds is 4. The lowest BCUT2D eigenvalue weighted by Crippen LogP contribution is -2.53. The molecule has 1 aliphatic rings. The zero-order valence-corrected chi connectivity index (χ0v) is 16.8. The van der Waals surface area contributed by atoms with Crippen molar-refractivity contribution in [3.8, 4) is 0 Å². The molecule has 2 unspecified atom stereocenters. The lowest BCUT2D eigenvalue weighted by Gasteiger charge is -2.38. The van der Waals surface area contributed by atoms with Gasteiger partial charge in [0.2, 0.25) is 0 Å². The number of urea groups is 1. The van der Waals surface area contributed by atoms with Crippen molar-refractivity contribution in [3.63, 3.8) is 0 Å². The van der Waals surface area contributed by atoms with Gasteiger partial charge in [0.25, 0.3) is 5.91 Å². The quantitative estimate of drug-likeness (QED) is 0.610. The normalized spacial score (nSPS) is 19.0. The molecule has 1 aromatic carbocycles. The Balaban J connectivity index is 1.87. The Morgan fingerprint density at radius 1 is 1.17 bits per heavy atom. The second-order valence-electron chi connectivity index (χ2n) is 7.31. The number of amides is 3. The van der Waals surface area contributed by atoms with Gasteiger partial charge in [0.15, 0.2) is 0 Å². The maximum atomic E-state index is 13.4. The number of hydrogen-bond acceptors (Lipinski definition) is 5. The average Bonchev–Trinajstić information content (AvgIpc) is 2.70. The summed E-state index contributed by atoms with van der Waals surface area (Å²) in [6.07, 6.45) is -0.0717. The number of benzene rings is 1. The molecule has 154 valence electrons. The number of pyridine rings is 1. The van der Waals surface area contributed by atoms with Crippen LogP contribution in [0.15, 0.2) is 42.5 Å². The first kappa shape index (κ1) is 20.8. The van der Waals surface area contributed by atoms with Crippen molar-refractivity contribution in [2.45, 2.75) is 39.5 Å². The molecule has 1 aromatic heterocycles. The number of aromatic nitrogens is 1. The van der Waals surface area contributed by atoms with E-state index >= 15 is 0 Å². The van der Waals surface area contributed by atoms with E-state index in [-0.39, 0.29) is 18.2 Å². The first-order valence-corrected chi connectivity index (χ1v) is 9.56. The highest BCUT2D eigenvalue weighted by atomic mass is 16.5. The van der Waals surface area contributed by atoms with E-state index in [1.807, 2.05) is 39.0 Å². The van der Waals surface area contributed by atoms with E-state index in [0.717, 1.165) is 11.3 Å². The summed E-state index contributed by atoms with van der Waals surface area (Å²) in [5.41, 5.74) is 3.60. The lowest BCUT2D eigenvalue weighted by atomic mass is 10.1. The van der Waals surface area contributed by atoms with Crippen LogP contribution < -0.4 is 10.4 Å². The molecule has 3 rings (SSSR count). The molecule has 2 aromatic rings. The minimum atomic E-state index is -0.582. The SMILES string of the molecule is Cc1cccc(N(Cc2ccc(C(=O)NO)cc2)C(=O)N2CC(C)OC(C)C2)n1. The van der Waals surface area contributed by atoms with Crippen LogP contribution >= 0.6 is 0 Å². The van der Waals surface area contributed by atoms with Gasteiger partial charge in [0, 0.05) is 24.3 Å². The molecule has 0 radical (unpaired) electrons. The molecule has 29 heavy (non-hydrogen) atoms. The number of morpholine rings is 1. The monoisotopic (exact) mass is 398 g/mol. The smallest absolute Gasteiger partial charge is 0.326 e. The molecule has 1 saturated heterocycles. The molecule has 0 bridgehead atoms. The summed E-state index contributed by atoms with van der Waals surface area (Å²) in [5.74, 6) is -0.0138. The average molecular weight is 398 g/mol. The van der Waals surface area contributed by atoms with Gasteiger partial charge in [-0.3, -0.25) is 14.9 Å². The van der Waals surface area contributed by atoms with Crippen LogP contribution in [0, 0.1) is 6.92 Å². The molecule has 3 amide bonds. The molecule has 1 aliphatic heterocycles. The number of nitrogens with zero attached hydrogens (tertiary/aromatic N) is 3. The molecule has 8 nitrogen and oxygen atoms in total. The molecule has 0 spiro atoms. The highest BCUT2D eigenvalue weighted by Crippen LogP contribution is 2.20. The van der Waals surface area contributed by atoms with Gasteiger partial charge >= 0.3 is 6.03 Å². The van der Waals surface area contributed by atoms with Crippen molar-refractivity contribution >= 4 is 17.8 Å². The predicted molar refractivity (Wildman–Crippen MR) is 108 cm³/mol. The number of ether oxygens (including phenoxy) is 1. The van der Waals surface area contributed by atoms with Crippen LogP contribution in [0.1, 0.15) is 35.5 Å². The highest BCUT2D eigenvalue weighted by molar-refractivity contribution is 5.93. The molecular weight excluding hydrogens is 372 g/mol. The number of aryl methyl sites for hydroxylation is 1. The van der Waals surface area contributed by atoms with Crippen LogP contribution in [0.2, 0.25) is 0 Å². The van der Waals surface area contributed by atoms with Gasteiger partial charge in [-0.2, -0.15) is 0 Å². The molecule has 8 heteroatoms. The largest absolute Gasteiger partial charge is 0.372 e. The van der Waals surface area contributed by atoms with Crippen molar-refractivity contribution in [1.29, 1.82) is 0 Å². The number of hydroxylamine groups is 1. The summed E-state index contributed by atoms with van der Waals surface area (Å²) in [7, 11) is 0. The lowest BCUT2D eigenvalue weighted by molar-refractivity contribution is -0.0538. The molecule has 2 heterocycles. The standard InChI is InChI=1S/C21H26N4O4/c1-14-5-4-6-19(22-14)25(21(27)24-11-15(2)29-16(3)12-24)13-17-7-9-18(10-8-17)20(26)23-28/h4-10,15-16,28H,11-13H2,1-3H3,(H,23,26). The van der Waals surface area contributed by atoms with Crippen molar-refractivity contribution in [2.24, 2.45) is 0 Å². The Morgan fingerprint density at radius 3 is 2.41 bits per heavy atom. The van der Waals surface area contributed by atoms with E-state index in [4.69, 9.17) is 9.94 Å². The minimum absolute atomic E-state index is 0.0358. The molecule has 2 atom stereocenters. The fraction of sp³-hybridized carbons (Fsp3) is 0.381. The Bertz CT molecular complexity index is 861. The molecular formula is C21H26N4O4. The zero-order valence-electron chi connectivity index (χ0n) is 16.8. The first-order valence-electron chi connectivity index (χ1n) is 9.56. The number of anilines is 1. The number of carbonyl (C=O) groups is 2. The van der Waals surface area contributed by atoms with E-state index in [1.54, 1.807) is 39.5 Å². The van der Waals surface area contributed by atoms with Crippen LogP contribution in [0.5, 0.6) is 0 Å². The molecule has 2 N–H and O–H groups in total. The topological polar surface area (TPSA) is 95.0 Å². The van der Waals surface area contributed by atoms with Crippen molar-refractivity contribution in [3.05, 3.63) is 59.3 Å². The summed E-state index contributed by atoms with van der Waals surface area (Å²) in [5, 5.41) is 8.76.